The summed E-state index contributed by atoms with van der Waals surface area (Å²) in [5, 5.41) is 5.26. The van der Waals surface area contributed by atoms with E-state index in [9.17, 15) is 4.79 Å². The molecule has 0 aliphatic carbocycles. The van der Waals surface area contributed by atoms with Gasteiger partial charge in [-0.05, 0) is 44.0 Å². The molecule has 2 aromatic carbocycles. The van der Waals surface area contributed by atoms with Gasteiger partial charge in [0.25, 0.3) is 0 Å². The summed E-state index contributed by atoms with van der Waals surface area (Å²) in [5.74, 6) is -0.485. The molecule has 0 spiro atoms. The van der Waals surface area contributed by atoms with Gasteiger partial charge in [-0.3, -0.25) is 0 Å². The summed E-state index contributed by atoms with van der Waals surface area (Å²) in [6.07, 6.45) is 4.02. The van der Waals surface area contributed by atoms with Crippen LogP contribution < -0.4 is 5.32 Å². The van der Waals surface area contributed by atoms with Gasteiger partial charge in [-0.15, -0.1) is 0 Å². The molecule has 0 aliphatic rings. The van der Waals surface area contributed by atoms with Crippen molar-refractivity contribution in [2.24, 2.45) is 0 Å². The SMILES string of the molecule is CCCCCBr.CCOCOC(=O)c1ccccc1Nc1c(Cl)ccc(C)c1Cl. The van der Waals surface area contributed by atoms with Crippen LogP contribution in [-0.4, -0.2) is 24.7 Å². The number of anilines is 2. The van der Waals surface area contributed by atoms with Gasteiger partial charge in [-0.25, -0.2) is 4.79 Å². The van der Waals surface area contributed by atoms with Gasteiger partial charge in [0.15, 0.2) is 6.79 Å². The molecule has 0 amide bonds. The van der Waals surface area contributed by atoms with Gasteiger partial charge in [-0.1, -0.05) is 77.1 Å². The minimum Gasteiger partial charge on any atom is -0.435 e. The number of para-hydroxylation sites is 1. The molecule has 0 radical (unpaired) electrons. The molecule has 0 saturated carbocycles. The number of rotatable bonds is 9. The van der Waals surface area contributed by atoms with Crippen LogP contribution in [0.2, 0.25) is 10.0 Å². The Balaban J connectivity index is 0.000000612. The predicted molar refractivity (Wildman–Crippen MR) is 126 cm³/mol. The molecule has 0 fully saturated rings. The number of ether oxygens (including phenoxy) is 2. The first kappa shape index (κ1) is 25.8. The lowest BCUT2D eigenvalue weighted by molar-refractivity contribution is -0.0273. The summed E-state index contributed by atoms with van der Waals surface area (Å²) in [5.41, 5.74) is 2.37. The molecule has 4 nitrogen and oxygen atoms in total. The molecule has 2 aromatic rings. The van der Waals surface area contributed by atoms with E-state index in [-0.39, 0.29) is 6.79 Å². The van der Waals surface area contributed by atoms with Gasteiger partial charge in [0.1, 0.15) is 0 Å². The Morgan fingerprint density at radius 3 is 2.45 bits per heavy atom. The number of esters is 1. The van der Waals surface area contributed by atoms with Crippen molar-refractivity contribution in [3.63, 3.8) is 0 Å². The Hall–Kier alpha value is -1.27. The Labute approximate surface area is 192 Å². The zero-order chi connectivity index (χ0) is 21.6. The average molecular weight is 505 g/mol. The minimum absolute atomic E-state index is 0.0877. The second kappa shape index (κ2) is 14.7. The molecule has 0 aromatic heterocycles. The van der Waals surface area contributed by atoms with Crippen LogP contribution in [0.4, 0.5) is 11.4 Å². The van der Waals surface area contributed by atoms with Crippen LogP contribution in [0.3, 0.4) is 0 Å². The van der Waals surface area contributed by atoms with Crippen LogP contribution in [0, 0.1) is 6.92 Å². The van der Waals surface area contributed by atoms with E-state index in [1.54, 1.807) is 30.3 Å². The zero-order valence-electron chi connectivity index (χ0n) is 17.1. The first-order chi connectivity index (χ1) is 14.0. The molecule has 0 unspecified atom stereocenters. The summed E-state index contributed by atoms with van der Waals surface area (Å²) in [4.78, 5) is 12.2. The number of hydrogen-bond donors (Lipinski definition) is 1. The van der Waals surface area contributed by atoms with Crippen LogP contribution in [0.5, 0.6) is 0 Å². The lowest BCUT2D eigenvalue weighted by Gasteiger charge is -2.15. The number of carbonyl (C=O) groups excluding carboxylic acids is 1. The summed E-state index contributed by atoms with van der Waals surface area (Å²) >= 11 is 15.9. The third-order valence-electron chi connectivity index (χ3n) is 3.91. The largest absolute Gasteiger partial charge is 0.435 e. The van der Waals surface area contributed by atoms with Gasteiger partial charge in [-0.2, -0.15) is 0 Å². The van der Waals surface area contributed by atoms with E-state index < -0.39 is 5.97 Å². The molecule has 7 heteroatoms. The number of carbonyl (C=O) groups is 1. The number of alkyl halides is 1. The molecule has 0 heterocycles. The van der Waals surface area contributed by atoms with Crippen molar-refractivity contribution in [2.75, 3.05) is 24.0 Å². The van der Waals surface area contributed by atoms with E-state index in [1.807, 2.05) is 19.9 Å². The summed E-state index contributed by atoms with van der Waals surface area (Å²) in [6.45, 7) is 6.30. The molecule has 160 valence electrons. The summed E-state index contributed by atoms with van der Waals surface area (Å²) < 4.78 is 10.1. The number of halogens is 3. The maximum atomic E-state index is 12.2. The highest BCUT2D eigenvalue weighted by molar-refractivity contribution is 9.09. The average Bonchev–Trinajstić information content (AvgIpc) is 2.73. The molecule has 2 rings (SSSR count). The smallest absolute Gasteiger partial charge is 0.342 e. The summed E-state index contributed by atoms with van der Waals surface area (Å²) in [7, 11) is 0. The molecular weight excluding hydrogens is 477 g/mol. The molecular formula is C22H28BrCl2NO3. The summed E-state index contributed by atoms with van der Waals surface area (Å²) in [6, 6.07) is 10.6. The van der Waals surface area contributed by atoms with E-state index >= 15 is 0 Å². The predicted octanol–water partition coefficient (Wildman–Crippen LogP) is 7.77. The zero-order valence-corrected chi connectivity index (χ0v) is 20.2. The van der Waals surface area contributed by atoms with Crippen molar-refractivity contribution in [3.8, 4) is 0 Å². The van der Waals surface area contributed by atoms with Gasteiger partial charge < -0.3 is 14.8 Å². The maximum Gasteiger partial charge on any atom is 0.342 e. The Bertz CT molecular complexity index is 768. The van der Waals surface area contributed by atoms with Crippen LogP contribution in [0.1, 0.15) is 49.0 Å². The monoisotopic (exact) mass is 503 g/mol. The number of aryl methyl sites for hydroxylation is 1. The molecule has 0 aliphatic heterocycles. The molecule has 0 atom stereocenters. The van der Waals surface area contributed by atoms with Crippen molar-refractivity contribution in [1.82, 2.24) is 0 Å². The third-order valence-corrected chi connectivity index (χ3v) is 5.27. The number of benzene rings is 2. The quantitative estimate of drug-likeness (QED) is 0.164. The van der Waals surface area contributed by atoms with E-state index in [2.05, 4.69) is 28.2 Å². The molecule has 1 N–H and O–H groups in total. The van der Waals surface area contributed by atoms with Crippen molar-refractivity contribution in [1.29, 1.82) is 0 Å². The second-order valence-corrected chi connectivity index (χ2v) is 7.74. The number of nitrogens with one attached hydrogen (secondary N) is 1. The Kier molecular flexibility index (Phi) is 13.0. The standard InChI is InChI=1S/C17H17Cl2NO3.C5H11Br/c1-3-22-10-23-17(21)12-6-4-5-7-14(12)20-16-13(18)9-8-11(2)15(16)19;1-2-3-4-5-6/h4-9,20H,3,10H2,1-2H3;2-5H2,1H3. The number of unbranched alkanes of at least 4 members (excludes halogenated alkanes) is 2. The lowest BCUT2D eigenvalue weighted by Crippen LogP contribution is -2.11. The van der Waals surface area contributed by atoms with Crippen LogP contribution >= 0.6 is 39.1 Å². The number of hydrogen-bond acceptors (Lipinski definition) is 4. The minimum atomic E-state index is -0.485. The van der Waals surface area contributed by atoms with Gasteiger partial charge in [0.2, 0.25) is 0 Å². The van der Waals surface area contributed by atoms with E-state index in [1.165, 1.54) is 24.6 Å². The van der Waals surface area contributed by atoms with Gasteiger partial charge in [0, 0.05) is 11.9 Å². The van der Waals surface area contributed by atoms with Crippen LogP contribution in [0.15, 0.2) is 36.4 Å². The van der Waals surface area contributed by atoms with Crippen molar-refractivity contribution >= 4 is 56.5 Å². The van der Waals surface area contributed by atoms with Crippen molar-refractivity contribution in [3.05, 3.63) is 57.6 Å². The first-order valence-corrected chi connectivity index (χ1v) is 11.4. The maximum absolute atomic E-state index is 12.2. The van der Waals surface area contributed by atoms with E-state index in [0.29, 0.717) is 33.6 Å². The van der Waals surface area contributed by atoms with Crippen LogP contribution in [-0.2, 0) is 9.47 Å². The van der Waals surface area contributed by atoms with E-state index in [4.69, 9.17) is 32.7 Å². The Morgan fingerprint density at radius 2 is 1.83 bits per heavy atom. The van der Waals surface area contributed by atoms with Gasteiger partial charge >= 0.3 is 5.97 Å². The highest BCUT2D eigenvalue weighted by Gasteiger charge is 2.15. The highest BCUT2D eigenvalue weighted by Crippen LogP contribution is 2.36. The fourth-order valence-electron chi connectivity index (χ4n) is 2.28. The fraction of sp³-hybridized carbons (Fsp3) is 0.409. The normalized spacial score (nSPS) is 10.1. The fourth-order valence-corrected chi connectivity index (χ4v) is 3.14. The highest BCUT2D eigenvalue weighted by atomic mass is 79.9. The van der Waals surface area contributed by atoms with Gasteiger partial charge in [0.05, 0.1) is 27.0 Å². The third kappa shape index (κ3) is 8.95. The van der Waals surface area contributed by atoms with Crippen LogP contribution in [0.25, 0.3) is 0 Å². The Morgan fingerprint density at radius 1 is 1.10 bits per heavy atom. The topological polar surface area (TPSA) is 47.6 Å². The first-order valence-electron chi connectivity index (χ1n) is 9.57. The molecule has 0 saturated heterocycles. The second-order valence-electron chi connectivity index (χ2n) is 6.16. The lowest BCUT2D eigenvalue weighted by atomic mass is 10.1. The van der Waals surface area contributed by atoms with Crippen molar-refractivity contribution < 1.29 is 14.3 Å². The molecule has 29 heavy (non-hydrogen) atoms. The van der Waals surface area contributed by atoms with E-state index in [0.717, 1.165) is 5.56 Å². The van der Waals surface area contributed by atoms with Crippen molar-refractivity contribution in [2.45, 2.75) is 40.0 Å². The molecule has 0 bridgehead atoms.